The van der Waals surface area contributed by atoms with E-state index in [1.807, 2.05) is 18.2 Å². The maximum Gasteiger partial charge on any atom is 0.232 e. The van der Waals surface area contributed by atoms with Crippen LogP contribution in [0.5, 0.6) is 11.5 Å². The van der Waals surface area contributed by atoms with Crippen molar-refractivity contribution in [2.45, 2.75) is 0 Å². The molecule has 1 fully saturated rings. The van der Waals surface area contributed by atoms with Gasteiger partial charge in [0.1, 0.15) is 18.1 Å². The van der Waals surface area contributed by atoms with Crippen LogP contribution in [0.15, 0.2) is 24.3 Å². The minimum atomic E-state index is -0.103. The number of amides is 2. The van der Waals surface area contributed by atoms with E-state index in [1.165, 1.54) is 11.8 Å². The molecule has 25 heavy (non-hydrogen) atoms. The average Bonchev–Trinajstić information content (AvgIpc) is 2.66. The molecule has 1 heterocycles. The van der Waals surface area contributed by atoms with E-state index in [4.69, 9.17) is 14.2 Å². The molecule has 2 rings (SSSR count). The number of carbonyl (C=O) groups excluding carboxylic acids is 2. The van der Waals surface area contributed by atoms with Crippen molar-refractivity contribution >= 4 is 23.6 Å². The number of methoxy groups -OCH3 is 1. The second-order valence-corrected chi connectivity index (χ2v) is 6.35. The summed E-state index contributed by atoms with van der Waals surface area (Å²) in [6, 6.07) is 7.30. The SMILES string of the molecule is COc1cccc(OCCNC(=O)CSCC(=O)N2CCOCC2)c1. The molecule has 0 atom stereocenters. The van der Waals surface area contributed by atoms with Gasteiger partial charge >= 0.3 is 0 Å². The smallest absolute Gasteiger partial charge is 0.232 e. The third-order valence-electron chi connectivity index (χ3n) is 3.56. The van der Waals surface area contributed by atoms with Crippen LogP contribution < -0.4 is 14.8 Å². The van der Waals surface area contributed by atoms with Gasteiger partial charge in [0.25, 0.3) is 0 Å². The summed E-state index contributed by atoms with van der Waals surface area (Å²) in [5.41, 5.74) is 0. The quantitative estimate of drug-likeness (QED) is 0.649. The van der Waals surface area contributed by atoms with Crippen molar-refractivity contribution in [1.29, 1.82) is 0 Å². The van der Waals surface area contributed by atoms with Crippen molar-refractivity contribution in [2.75, 3.05) is 58.1 Å². The molecular weight excluding hydrogens is 344 g/mol. The average molecular weight is 368 g/mol. The van der Waals surface area contributed by atoms with Gasteiger partial charge in [-0.05, 0) is 12.1 Å². The van der Waals surface area contributed by atoms with Gasteiger partial charge in [-0.15, -0.1) is 11.8 Å². The van der Waals surface area contributed by atoms with E-state index in [0.29, 0.717) is 51.0 Å². The molecule has 0 aliphatic carbocycles. The fourth-order valence-corrected chi connectivity index (χ4v) is 2.98. The number of carbonyl (C=O) groups is 2. The fraction of sp³-hybridized carbons (Fsp3) is 0.529. The van der Waals surface area contributed by atoms with E-state index in [2.05, 4.69) is 5.32 Å². The lowest BCUT2D eigenvalue weighted by Gasteiger charge is -2.26. The van der Waals surface area contributed by atoms with Crippen LogP contribution >= 0.6 is 11.8 Å². The largest absolute Gasteiger partial charge is 0.497 e. The van der Waals surface area contributed by atoms with Gasteiger partial charge < -0.3 is 24.4 Å². The highest BCUT2D eigenvalue weighted by Gasteiger charge is 2.16. The molecule has 2 amide bonds. The van der Waals surface area contributed by atoms with Crippen LogP contribution in [-0.2, 0) is 14.3 Å². The van der Waals surface area contributed by atoms with Crippen molar-refractivity contribution in [2.24, 2.45) is 0 Å². The molecule has 1 aromatic carbocycles. The molecule has 0 radical (unpaired) electrons. The lowest BCUT2D eigenvalue weighted by molar-refractivity contribution is -0.132. The van der Waals surface area contributed by atoms with Crippen LogP contribution in [0.25, 0.3) is 0 Å². The summed E-state index contributed by atoms with van der Waals surface area (Å²) < 4.78 is 15.9. The highest BCUT2D eigenvalue weighted by molar-refractivity contribution is 8.00. The zero-order chi connectivity index (χ0) is 17.9. The zero-order valence-corrected chi connectivity index (χ0v) is 15.2. The molecule has 7 nitrogen and oxygen atoms in total. The molecule has 1 aliphatic heterocycles. The number of nitrogens with one attached hydrogen (secondary N) is 1. The third kappa shape index (κ3) is 7.23. The van der Waals surface area contributed by atoms with E-state index >= 15 is 0 Å². The maximum atomic E-state index is 11.9. The normalized spacial score (nSPS) is 14.0. The van der Waals surface area contributed by atoms with Crippen molar-refractivity contribution in [3.63, 3.8) is 0 Å². The summed E-state index contributed by atoms with van der Waals surface area (Å²) >= 11 is 1.32. The Balaban J connectivity index is 1.54. The fourth-order valence-electron chi connectivity index (χ4n) is 2.24. The molecule has 0 aromatic heterocycles. The molecule has 138 valence electrons. The van der Waals surface area contributed by atoms with Crippen LogP contribution in [0.3, 0.4) is 0 Å². The van der Waals surface area contributed by atoms with Crippen LogP contribution in [0, 0.1) is 0 Å². The Bertz CT molecular complexity index is 564. The van der Waals surface area contributed by atoms with Crippen LogP contribution in [-0.4, -0.2) is 74.8 Å². The van der Waals surface area contributed by atoms with Crippen LogP contribution in [0.4, 0.5) is 0 Å². The number of thioether (sulfide) groups is 1. The van der Waals surface area contributed by atoms with Crippen molar-refractivity contribution in [3.05, 3.63) is 24.3 Å². The van der Waals surface area contributed by atoms with E-state index in [1.54, 1.807) is 18.1 Å². The predicted octanol–water partition coefficient (Wildman–Crippen LogP) is 0.782. The summed E-state index contributed by atoms with van der Waals surface area (Å²) in [4.78, 5) is 25.5. The standard InChI is InChI=1S/C17H24N2O5S/c1-22-14-3-2-4-15(11-14)24-8-5-18-16(20)12-25-13-17(21)19-6-9-23-10-7-19/h2-4,11H,5-10,12-13H2,1H3,(H,18,20). The topological polar surface area (TPSA) is 77.1 Å². The number of morpholine rings is 1. The number of nitrogens with zero attached hydrogens (tertiary/aromatic N) is 1. The predicted molar refractivity (Wildman–Crippen MR) is 96.2 cm³/mol. The summed E-state index contributed by atoms with van der Waals surface area (Å²) in [5, 5.41) is 2.77. The zero-order valence-electron chi connectivity index (χ0n) is 14.4. The van der Waals surface area contributed by atoms with Crippen LogP contribution in [0.1, 0.15) is 0 Å². The van der Waals surface area contributed by atoms with Crippen molar-refractivity contribution in [1.82, 2.24) is 10.2 Å². The molecule has 1 aliphatic rings. The number of ether oxygens (including phenoxy) is 3. The second kappa shape index (κ2) is 10.8. The van der Waals surface area contributed by atoms with Crippen LogP contribution in [0.2, 0.25) is 0 Å². The first-order chi connectivity index (χ1) is 12.2. The van der Waals surface area contributed by atoms with Gasteiger partial charge in [-0.25, -0.2) is 0 Å². The van der Waals surface area contributed by atoms with Crippen molar-refractivity contribution < 1.29 is 23.8 Å². The monoisotopic (exact) mass is 368 g/mol. The number of rotatable bonds is 9. The minimum absolute atomic E-state index is 0.0578. The van der Waals surface area contributed by atoms with E-state index in [0.717, 1.165) is 5.75 Å². The molecule has 1 N–H and O–H groups in total. The molecule has 0 saturated carbocycles. The molecule has 8 heteroatoms. The summed E-state index contributed by atoms with van der Waals surface area (Å²) in [5.74, 6) is 1.95. The van der Waals surface area contributed by atoms with Gasteiger partial charge in [0.05, 0.1) is 38.4 Å². The van der Waals surface area contributed by atoms with Gasteiger partial charge in [0, 0.05) is 19.2 Å². The highest BCUT2D eigenvalue weighted by Crippen LogP contribution is 2.18. The van der Waals surface area contributed by atoms with Gasteiger partial charge in [0.2, 0.25) is 11.8 Å². The Hall–Kier alpha value is -1.93. The molecular formula is C17H24N2O5S. The van der Waals surface area contributed by atoms with Gasteiger partial charge in [-0.2, -0.15) is 0 Å². The molecule has 0 bridgehead atoms. The lowest BCUT2D eigenvalue weighted by Crippen LogP contribution is -2.41. The van der Waals surface area contributed by atoms with Crippen molar-refractivity contribution in [3.8, 4) is 11.5 Å². The Morgan fingerprint density at radius 2 is 2.00 bits per heavy atom. The summed E-state index contributed by atoms with van der Waals surface area (Å²) in [7, 11) is 1.60. The number of benzene rings is 1. The Morgan fingerprint density at radius 1 is 1.24 bits per heavy atom. The van der Waals surface area contributed by atoms with Gasteiger partial charge in [-0.1, -0.05) is 6.07 Å². The molecule has 1 saturated heterocycles. The van der Waals surface area contributed by atoms with E-state index in [-0.39, 0.29) is 17.6 Å². The molecule has 0 unspecified atom stereocenters. The third-order valence-corrected chi connectivity index (χ3v) is 4.47. The van der Waals surface area contributed by atoms with Gasteiger partial charge in [0.15, 0.2) is 0 Å². The summed E-state index contributed by atoms with van der Waals surface area (Å²) in [6.45, 7) is 3.22. The lowest BCUT2D eigenvalue weighted by atomic mass is 10.3. The number of hydrogen-bond donors (Lipinski definition) is 1. The second-order valence-electron chi connectivity index (χ2n) is 5.36. The number of hydrogen-bond acceptors (Lipinski definition) is 6. The molecule has 1 aromatic rings. The first-order valence-electron chi connectivity index (χ1n) is 8.16. The Labute approximate surface area is 152 Å². The first-order valence-corrected chi connectivity index (χ1v) is 9.31. The van der Waals surface area contributed by atoms with E-state index in [9.17, 15) is 9.59 Å². The Morgan fingerprint density at radius 3 is 2.76 bits per heavy atom. The highest BCUT2D eigenvalue weighted by atomic mass is 32.2. The maximum absolute atomic E-state index is 11.9. The minimum Gasteiger partial charge on any atom is -0.497 e. The Kier molecular flexibility index (Phi) is 8.41. The summed E-state index contributed by atoms with van der Waals surface area (Å²) in [6.07, 6.45) is 0. The first kappa shape index (κ1) is 19.4. The van der Waals surface area contributed by atoms with Gasteiger partial charge in [-0.3, -0.25) is 9.59 Å². The molecule has 0 spiro atoms. The van der Waals surface area contributed by atoms with E-state index < -0.39 is 0 Å².